The Balaban J connectivity index is 2.76. The van der Waals surface area contributed by atoms with Gasteiger partial charge in [0.05, 0.1) is 7.11 Å². The SMILES string of the molecule is COc1ccc(Br)cc1CNC(=O)C(C)=O. The van der Waals surface area contributed by atoms with Gasteiger partial charge in [0.1, 0.15) is 5.75 Å². The molecule has 5 heteroatoms. The van der Waals surface area contributed by atoms with Gasteiger partial charge in [-0.25, -0.2) is 0 Å². The van der Waals surface area contributed by atoms with Gasteiger partial charge in [-0.2, -0.15) is 0 Å². The van der Waals surface area contributed by atoms with Gasteiger partial charge in [0.15, 0.2) is 0 Å². The van der Waals surface area contributed by atoms with Crippen LogP contribution in [-0.4, -0.2) is 18.8 Å². The Morgan fingerprint density at radius 3 is 2.69 bits per heavy atom. The number of benzene rings is 1. The van der Waals surface area contributed by atoms with Crippen molar-refractivity contribution in [1.82, 2.24) is 5.32 Å². The molecule has 0 unspecified atom stereocenters. The third-order valence-electron chi connectivity index (χ3n) is 2.00. The van der Waals surface area contributed by atoms with E-state index in [1.165, 1.54) is 6.92 Å². The lowest BCUT2D eigenvalue weighted by atomic mass is 10.2. The van der Waals surface area contributed by atoms with Crippen molar-refractivity contribution in [2.45, 2.75) is 13.5 Å². The molecule has 0 aliphatic carbocycles. The summed E-state index contributed by atoms with van der Waals surface area (Å²) in [7, 11) is 1.56. The number of ether oxygens (including phenoxy) is 1. The normalized spacial score (nSPS) is 9.69. The van der Waals surface area contributed by atoms with E-state index in [-0.39, 0.29) is 6.54 Å². The Hall–Kier alpha value is -1.36. The predicted molar refractivity (Wildman–Crippen MR) is 63.2 cm³/mol. The van der Waals surface area contributed by atoms with Crippen LogP contribution in [0.4, 0.5) is 0 Å². The standard InChI is InChI=1S/C11H12BrNO3/c1-7(14)11(15)13-6-8-5-9(12)3-4-10(8)16-2/h3-5H,6H2,1-2H3,(H,13,15). The molecule has 0 bridgehead atoms. The van der Waals surface area contributed by atoms with Crippen molar-refractivity contribution >= 4 is 27.6 Å². The van der Waals surface area contributed by atoms with Gasteiger partial charge in [-0.1, -0.05) is 15.9 Å². The van der Waals surface area contributed by atoms with E-state index in [1.807, 2.05) is 12.1 Å². The highest BCUT2D eigenvalue weighted by Crippen LogP contribution is 2.22. The first-order valence-corrected chi connectivity index (χ1v) is 5.45. The summed E-state index contributed by atoms with van der Waals surface area (Å²) in [6.45, 7) is 1.49. The number of rotatable bonds is 4. The van der Waals surface area contributed by atoms with E-state index in [2.05, 4.69) is 21.2 Å². The van der Waals surface area contributed by atoms with Crippen molar-refractivity contribution in [2.75, 3.05) is 7.11 Å². The Bertz CT molecular complexity index is 418. The summed E-state index contributed by atoms with van der Waals surface area (Å²) in [5.74, 6) is -0.428. The second kappa shape index (κ2) is 5.65. The van der Waals surface area contributed by atoms with Gasteiger partial charge < -0.3 is 10.1 Å². The molecule has 0 spiro atoms. The van der Waals surface area contributed by atoms with Crippen molar-refractivity contribution in [3.05, 3.63) is 28.2 Å². The average molecular weight is 286 g/mol. The minimum absolute atomic E-state index is 0.265. The van der Waals surface area contributed by atoms with E-state index in [1.54, 1.807) is 13.2 Å². The van der Waals surface area contributed by atoms with Crippen molar-refractivity contribution in [3.63, 3.8) is 0 Å². The maximum Gasteiger partial charge on any atom is 0.287 e. The maximum atomic E-state index is 11.1. The Labute approximate surface area is 102 Å². The zero-order valence-corrected chi connectivity index (χ0v) is 10.6. The zero-order valence-electron chi connectivity index (χ0n) is 9.04. The van der Waals surface area contributed by atoms with Crippen LogP contribution in [0.5, 0.6) is 5.75 Å². The largest absolute Gasteiger partial charge is 0.496 e. The van der Waals surface area contributed by atoms with Crippen LogP contribution >= 0.6 is 15.9 Å². The molecular weight excluding hydrogens is 274 g/mol. The maximum absolute atomic E-state index is 11.1. The Morgan fingerprint density at radius 2 is 2.12 bits per heavy atom. The number of halogens is 1. The van der Waals surface area contributed by atoms with Crippen LogP contribution in [0.1, 0.15) is 12.5 Å². The third kappa shape index (κ3) is 3.34. The van der Waals surface area contributed by atoms with E-state index in [0.29, 0.717) is 5.75 Å². The molecule has 0 heterocycles. The molecule has 0 aliphatic heterocycles. The molecule has 1 aromatic carbocycles. The van der Waals surface area contributed by atoms with Crippen LogP contribution in [0.25, 0.3) is 0 Å². The van der Waals surface area contributed by atoms with Crippen molar-refractivity contribution < 1.29 is 14.3 Å². The minimum Gasteiger partial charge on any atom is -0.496 e. The monoisotopic (exact) mass is 285 g/mol. The minimum atomic E-state index is -0.595. The molecule has 0 aromatic heterocycles. The molecule has 0 fully saturated rings. The highest BCUT2D eigenvalue weighted by atomic mass is 79.9. The first-order chi connectivity index (χ1) is 7.54. The summed E-state index contributed by atoms with van der Waals surface area (Å²) in [6.07, 6.45) is 0. The molecule has 1 amide bonds. The quantitative estimate of drug-likeness (QED) is 0.856. The number of methoxy groups -OCH3 is 1. The van der Waals surface area contributed by atoms with Gasteiger partial charge in [0.2, 0.25) is 5.78 Å². The highest BCUT2D eigenvalue weighted by molar-refractivity contribution is 9.10. The molecule has 0 atom stereocenters. The van der Waals surface area contributed by atoms with E-state index < -0.39 is 11.7 Å². The summed E-state index contributed by atoms with van der Waals surface area (Å²) >= 11 is 3.33. The highest BCUT2D eigenvalue weighted by Gasteiger charge is 2.09. The van der Waals surface area contributed by atoms with Crippen molar-refractivity contribution in [1.29, 1.82) is 0 Å². The number of carbonyl (C=O) groups excluding carboxylic acids is 2. The summed E-state index contributed by atoms with van der Waals surface area (Å²) in [4.78, 5) is 21.8. The molecule has 0 aliphatic rings. The van der Waals surface area contributed by atoms with E-state index in [0.717, 1.165) is 10.0 Å². The van der Waals surface area contributed by atoms with Gasteiger partial charge in [-0.15, -0.1) is 0 Å². The number of hydrogen-bond donors (Lipinski definition) is 1. The number of nitrogens with one attached hydrogen (secondary N) is 1. The lowest BCUT2D eigenvalue weighted by molar-refractivity contribution is -0.136. The number of carbonyl (C=O) groups is 2. The molecule has 1 rings (SSSR count). The van der Waals surface area contributed by atoms with Gasteiger partial charge in [0.25, 0.3) is 5.91 Å². The van der Waals surface area contributed by atoms with E-state index in [4.69, 9.17) is 4.74 Å². The summed E-state index contributed by atoms with van der Waals surface area (Å²) in [5.41, 5.74) is 0.812. The fourth-order valence-corrected chi connectivity index (χ4v) is 1.59. The molecule has 86 valence electrons. The van der Waals surface area contributed by atoms with Gasteiger partial charge in [-0.3, -0.25) is 9.59 Å². The van der Waals surface area contributed by atoms with E-state index >= 15 is 0 Å². The van der Waals surface area contributed by atoms with Crippen LogP contribution < -0.4 is 10.1 Å². The lowest BCUT2D eigenvalue weighted by Gasteiger charge is -2.09. The molecule has 0 saturated heterocycles. The van der Waals surface area contributed by atoms with Crippen LogP contribution in [-0.2, 0) is 16.1 Å². The van der Waals surface area contributed by atoms with Crippen LogP contribution in [0, 0.1) is 0 Å². The zero-order chi connectivity index (χ0) is 12.1. The van der Waals surface area contributed by atoms with Gasteiger partial charge in [-0.05, 0) is 18.2 Å². The summed E-state index contributed by atoms with van der Waals surface area (Å²) in [5, 5.41) is 2.51. The Kier molecular flexibility index (Phi) is 4.49. The molecule has 1 aromatic rings. The fraction of sp³-hybridized carbons (Fsp3) is 0.273. The second-order valence-electron chi connectivity index (χ2n) is 3.20. The van der Waals surface area contributed by atoms with Crippen LogP contribution in [0.3, 0.4) is 0 Å². The summed E-state index contributed by atoms with van der Waals surface area (Å²) in [6, 6.07) is 5.47. The average Bonchev–Trinajstić information content (AvgIpc) is 2.25. The van der Waals surface area contributed by atoms with Crippen molar-refractivity contribution in [3.8, 4) is 5.75 Å². The van der Waals surface area contributed by atoms with Crippen LogP contribution in [0.15, 0.2) is 22.7 Å². The van der Waals surface area contributed by atoms with E-state index in [9.17, 15) is 9.59 Å². The fourth-order valence-electron chi connectivity index (χ4n) is 1.19. The molecular formula is C11H12BrNO3. The smallest absolute Gasteiger partial charge is 0.287 e. The second-order valence-corrected chi connectivity index (χ2v) is 4.11. The number of amides is 1. The topological polar surface area (TPSA) is 55.4 Å². The lowest BCUT2D eigenvalue weighted by Crippen LogP contribution is -2.28. The summed E-state index contributed by atoms with van der Waals surface area (Å²) < 4.78 is 6.03. The van der Waals surface area contributed by atoms with Gasteiger partial charge in [0, 0.05) is 23.5 Å². The molecule has 1 N–H and O–H groups in total. The molecule has 16 heavy (non-hydrogen) atoms. The van der Waals surface area contributed by atoms with Crippen molar-refractivity contribution in [2.24, 2.45) is 0 Å². The molecule has 0 saturated carbocycles. The third-order valence-corrected chi connectivity index (χ3v) is 2.49. The van der Waals surface area contributed by atoms with Crippen LogP contribution in [0.2, 0.25) is 0 Å². The first kappa shape index (κ1) is 12.7. The molecule has 4 nitrogen and oxygen atoms in total. The number of ketones is 1. The first-order valence-electron chi connectivity index (χ1n) is 4.65. The molecule has 0 radical (unpaired) electrons. The Morgan fingerprint density at radius 1 is 1.44 bits per heavy atom. The van der Waals surface area contributed by atoms with Gasteiger partial charge >= 0.3 is 0 Å². The predicted octanol–water partition coefficient (Wildman–Crippen LogP) is 1.66. The number of Topliss-reactive ketones (excluding diaryl/α,β-unsaturated/α-hetero) is 1. The number of hydrogen-bond acceptors (Lipinski definition) is 3.